The fourth-order valence-electron chi connectivity index (χ4n) is 2.97. The summed E-state index contributed by atoms with van der Waals surface area (Å²) in [7, 11) is 2.01. The predicted molar refractivity (Wildman–Crippen MR) is 66.3 cm³/mol. The summed E-state index contributed by atoms with van der Waals surface area (Å²) in [5.74, 6) is 1.15. The first-order valence-corrected chi connectivity index (χ1v) is 6.37. The highest BCUT2D eigenvalue weighted by atomic mass is 19.1. The highest BCUT2D eigenvalue weighted by Crippen LogP contribution is 2.48. The van der Waals surface area contributed by atoms with Gasteiger partial charge in [-0.2, -0.15) is 0 Å². The van der Waals surface area contributed by atoms with Gasteiger partial charge in [-0.3, -0.25) is 9.69 Å². The van der Waals surface area contributed by atoms with Crippen LogP contribution in [0.1, 0.15) is 12.0 Å². The summed E-state index contributed by atoms with van der Waals surface area (Å²) in [6, 6.07) is 6.28. The van der Waals surface area contributed by atoms with E-state index in [4.69, 9.17) is 0 Å². The molecule has 0 aromatic heterocycles. The van der Waals surface area contributed by atoms with E-state index in [2.05, 4.69) is 10.2 Å². The van der Waals surface area contributed by atoms with E-state index < -0.39 is 0 Å². The lowest BCUT2D eigenvalue weighted by Gasteiger charge is -2.21. The van der Waals surface area contributed by atoms with Gasteiger partial charge >= 0.3 is 0 Å². The zero-order valence-corrected chi connectivity index (χ0v) is 10.4. The van der Waals surface area contributed by atoms with Gasteiger partial charge in [-0.15, -0.1) is 0 Å². The van der Waals surface area contributed by atoms with E-state index in [0.717, 1.165) is 18.0 Å². The third-order valence-corrected chi connectivity index (χ3v) is 4.03. The number of fused-ring (bicyclic) bond motifs is 1. The number of carbonyl (C=O) groups excluding carboxylic acids is 1. The predicted octanol–water partition coefficient (Wildman–Crippen LogP) is 1.39. The van der Waals surface area contributed by atoms with E-state index in [9.17, 15) is 9.18 Å². The van der Waals surface area contributed by atoms with E-state index in [-0.39, 0.29) is 17.8 Å². The van der Waals surface area contributed by atoms with E-state index in [1.54, 1.807) is 12.1 Å². The number of amides is 1. The van der Waals surface area contributed by atoms with E-state index in [0.29, 0.717) is 12.5 Å². The molecule has 4 heteroatoms. The third kappa shape index (κ3) is 2.12. The maximum Gasteiger partial charge on any atom is 0.237 e. The molecule has 18 heavy (non-hydrogen) atoms. The number of rotatable bonds is 3. The van der Waals surface area contributed by atoms with Crippen LogP contribution < -0.4 is 5.32 Å². The molecule has 3 atom stereocenters. The Bertz CT molecular complexity index is 457. The fraction of sp³-hybridized carbons (Fsp3) is 0.500. The first kappa shape index (κ1) is 11.7. The van der Waals surface area contributed by atoms with E-state index >= 15 is 0 Å². The molecular formula is C14H17FN2O. The monoisotopic (exact) mass is 248 g/mol. The van der Waals surface area contributed by atoms with Crippen LogP contribution in [-0.4, -0.2) is 30.4 Å². The van der Waals surface area contributed by atoms with Crippen LogP contribution >= 0.6 is 0 Å². The largest absolute Gasteiger partial charge is 0.351 e. The van der Waals surface area contributed by atoms with Crippen molar-refractivity contribution in [3.8, 4) is 0 Å². The van der Waals surface area contributed by atoms with Crippen molar-refractivity contribution in [2.75, 3.05) is 13.6 Å². The van der Waals surface area contributed by atoms with E-state index in [1.807, 2.05) is 7.05 Å². The quantitative estimate of drug-likeness (QED) is 0.876. The van der Waals surface area contributed by atoms with Gasteiger partial charge in [0.1, 0.15) is 5.82 Å². The van der Waals surface area contributed by atoms with E-state index in [1.165, 1.54) is 18.6 Å². The van der Waals surface area contributed by atoms with Crippen molar-refractivity contribution in [2.24, 2.45) is 11.8 Å². The molecule has 1 aromatic rings. The van der Waals surface area contributed by atoms with Crippen molar-refractivity contribution >= 4 is 5.91 Å². The minimum absolute atomic E-state index is 0.0375. The Morgan fingerprint density at radius 2 is 2.17 bits per heavy atom. The molecule has 1 amide bonds. The molecular weight excluding hydrogens is 231 g/mol. The molecule has 2 aliphatic rings. The minimum atomic E-state index is -0.249. The van der Waals surface area contributed by atoms with Gasteiger partial charge in [-0.25, -0.2) is 4.39 Å². The zero-order chi connectivity index (χ0) is 12.7. The Kier molecular flexibility index (Phi) is 2.82. The molecule has 1 aromatic carbocycles. The van der Waals surface area contributed by atoms with Gasteiger partial charge in [0.15, 0.2) is 0 Å². The summed E-state index contributed by atoms with van der Waals surface area (Å²) in [5.41, 5.74) is 0.928. The Morgan fingerprint density at radius 3 is 2.78 bits per heavy atom. The summed E-state index contributed by atoms with van der Waals surface area (Å²) < 4.78 is 12.7. The molecule has 3 unspecified atom stereocenters. The molecule has 1 saturated carbocycles. The maximum atomic E-state index is 12.7. The van der Waals surface area contributed by atoms with Gasteiger partial charge < -0.3 is 5.32 Å². The lowest BCUT2D eigenvalue weighted by atomic mass is 10.1. The van der Waals surface area contributed by atoms with Crippen molar-refractivity contribution in [1.29, 1.82) is 0 Å². The molecule has 3 nitrogen and oxygen atoms in total. The normalized spacial score (nSPS) is 30.0. The molecule has 1 heterocycles. The average molecular weight is 248 g/mol. The van der Waals surface area contributed by atoms with Crippen LogP contribution in [-0.2, 0) is 11.3 Å². The molecule has 2 fully saturated rings. The number of likely N-dealkylation sites (N-methyl/N-ethyl adjacent to an activating group) is 1. The van der Waals surface area contributed by atoms with Gasteiger partial charge in [0.05, 0.1) is 6.04 Å². The SMILES string of the molecule is CN1CC2CC2C1C(=O)NCc1ccc(F)cc1. The molecule has 0 bridgehead atoms. The summed E-state index contributed by atoms with van der Waals surface area (Å²) in [6.45, 7) is 1.51. The van der Waals surface area contributed by atoms with Crippen molar-refractivity contribution in [1.82, 2.24) is 10.2 Å². The topological polar surface area (TPSA) is 32.3 Å². The second kappa shape index (κ2) is 4.35. The molecule has 1 saturated heterocycles. The first-order chi connectivity index (χ1) is 8.65. The van der Waals surface area contributed by atoms with Gasteiger partial charge in [0, 0.05) is 13.1 Å². The zero-order valence-electron chi connectivity index (χ0n) is 10.4. The number of carbonyl (C=O) groups is 1. The van der Waals surface area contributed by atoms with Crippen molar-refractivity contribution in [3.05, 3.63) is 35.6 Å². The average Bonchev–Trinajstić information content (AvgIpc) is 3.00. The van der Waals surface area contributed by atoms with Gasteiger partial charge in [0.2, 0.25) is 5.91 Å². The standard InChI is InChI=1S/C14H17FN2O/c1-17-8-10-6-12(10)13(17)14(18)16-7-9-2-4-11(15)5-3-9/h2-5,10,12-13H,6-8H2,1H3,(H,16,18). The molecule has 1 N–H and O–H groups in total. The number of hydrogen-bond donors (Lipinski definition) is 1. The second-order valence-electron chi connectivity index (χ2n) is 5.39. The van der Waals surface area contributed by atoms with Crippen molar-refractivity contribution in [2.45, 2.75) is 19.0 Å². The van der Waals surface area contributed by atoms with Crippen LogP contribution in [0.4, 0.5) is 4.39 Å². The maximum absolute atomic E-state index is 12.7. The summed E-state index contributed by atoms with van der Waals surface area (Å²) in [6.07, 6.45) is 1.19. The van der Waals surface area contributed by atoms with Crippen LogP contribution in [0.15, 0.2) is 24.3 Å². The third-order valence-electron chi connectivity index (χ3n) is 4.03. The van der Waals surface area contributed by atoms with Crippen LogP contribution in [0, 0.1) is 17.7 Å². The first-order valence-electron chi connectivity index (χ1n) is 6.37. The fourth-order valence-corrected chi connectivity index (χ4v) is 2.97. The smallest absolute Gasteiger partial charge is 0.237 e. The van der Waals surface area contributed by atoms with Crippen molar-refractivity contribution in [3.63, 3.8) is 0 Å². The summed E-state index contributed by atoms with van der Waals surface area (Å²) in [5, 5.41) is 2.94. The molecule has 1 aliphatic carbocycles. The summed E-state index contributed by atoms with van der Waals surface area (Å²) >= 11 is 0. The highest BCUT2D eigenvalue weighted by molar-refractivity contribution is 5.83. The molecule has 0 radical (unpaired) electrons. The van der Waals surface area contributed by atoms with Crippen molar-refractivity contribution < 1.29 is 9.18 Å². The number of benzene rings is 1. The summed E-state index contributed by atoms with van der Waals surface area (Å²) in [4.78, 5) is 14.2. The van der Waals surface area contributed by atoms with Crippen LogP contribution in [0.5, 0.6) is 0 Å². The lowest BCUT2D eigenvalue weighted by molar-refractivity contribution is -0.126. The molecule has 3 rings (SSSR count). The van der Waals surface area contributed by atoms with Crippen LogP contribution in [0.25, 0.3) is 0 Å². The number of halogens is 1. The Hall–Kier alpha value is -1.42. The molecule has 0 spiro atoms. The molecule has 96 valence electrons. The number of likely N-dealkylation sites (tertiary alicyclic amines) is 1. The second-order valence-corrected chi connectivity index (χ2v) is 5.39. The van der Waals surface area contributed by atoms with Gasteiger partial charge in [-0.05, 0) is 43.0 Å². The Balaban J connectivity index is 1.57. The number of hydrogen-bond acceptors (Lipinski definition) is 2. The minimum Gasteiger partial charge on any atom is -0.351 e. The number of nitrogens with one attached hydrogen (secondary N) is 1. The molecule has 1 aliphatic heterocycles. The van der Waals surface area contributed by atoms with Gasteiger partial charge in [-0.1, -0.05) is 12.1 Å². The lowest BCUT2D eigenvalue weighted by Crippen LogP contribution is -2.43. The Labute approximate surface area is 106 Å². The highest BCUT2D eigenvalue weighted by Gasteiger charge is 2.53. The van der Waals surface area contributed by atoms with Gasteiger partial charge in [0.25, 0.3) is 0 Å². The number of piperidine rings is 1. The number of nitrogens with zero attached hydrogens (tertiary/aromatic N) is 1. The van der Waals surface area contributed by atoms with Crippen LogP contribution in [0.3, 0.4) is 0 Å². The Morgan fingerprint density at radius 1 is 1.44 bits per heavy atom. The van der Waals surface area contributed by atoms with Crippen LogP contribution in [0.2, 0.25) is 0 Å².